The van der Waals surface area contributed by atoms with Gasteiger partial charge in [-0.05, 0) is 6.42 Å². The summed E-state index contributed by atoms with van der Waals surface area (Å²) in [5, 5.41) is 2.54. The minimum absolute atomic E-state index is 0.109. The van der Waals surface area contributed by atoms with Crippen LogP contribution < -0.4 is 5.32 Å². The molecular weight excluding hydrogens is 214 g/mol. The predicted octanol–water partition coefficient (Wildman–Crippen LogP) is -0.530. The van der Waals surface area contributed by atoms with Crippen LogP contribution in [0.5, 0.6) is 0 Å². The molecule has 0 radical (unpaired) electrons. The van der Waals surface area contributed by atoms with Gasteiger partial charge in [0, 0.05) is 20.6 Å². The van der Waals surface area contributed by atoms with Crippen LogP contribution >= 0.6 is 0 Å². The van der Waals surface area contributed by atoms with Crippen molar-refractivity contribution in [1.82, 2.24) is 5.32 Å². The van der Waals surface area contributed by atoms with E-state index in [1.54, 1.807) is 7.11 Å². The minimum Gasteiger partial charge on any atom is -0.461 e. The Bertz CT molecular complexity index is 256. The fraction of sp³-hybridized carbons (Fsp3) is 0.800. The van der Waals surface area contributed by atoms with Crippen LogP contribution in [0.15, 0.2) is 0 Å². The summed E-state index contributed by atoms with van der Waals surface area (Å²) in [6.45, 7) is 0.496. The molecule has 1 amide bonds. The first-order valence-corrected chi connectivity index (χ1v) is 5.15. The molecule has 0 aromatic carbocycles. The third kappa shape index (κ3) is 3.79. The number of hydrogen-bond donors (Lipinski definition) is 1. The summed E-state index contributed by atoms with van der Waals surface area (Å²) in [6.07, 6.45) is 0.608. The second-order valence-corrected chi connectivity index (χ2v) is 3.60. The summed E-state index contributed by atoms with van der Waals surface area (Å²) < 4.78 is 14.9. The molecule has 1 saturated heterocycles. The SMILES string of the molecule is COCC(COC(=O)C1CCC(=O)N1)OC. The van der Waals surface area contributed by atoms with E-state index in [1.165, 1.54) is 7.11 Å². The Hall–Kier alpha value is -1.14. The summed E-state index contributed by atoms with van der Waals surface area (Å²) in [5.41, 5.74) is 0. The highest BCUT2D eigenvalue weighted by molar-refractivity contribution is 5.88. The molecule has 0 saturated carbocycles. The number of carbonyl (C=O) groups excluding carboxylic acids is 2. The van der Waals surface area contributed by atoms with Crippen LogP contribution in [0.4, 0.5) is 0 Å². The average Bonchev–Trinajstić information content (AvgIpc) is 2.70. The molecule has 0 spiro atoms. The quantitative estimate of drug-likeness (QED) is 0.622. The first-order valence-electron chi connectivity index (χ1n) is 5.15. The van der Waals surface area contributed by atoms with Crippen LogP contribution in [0.3, 0.4) is 0 Å². The van der Waals surface area contributed by atoms with E-state index < -0.39 is 12.0 Å². The number of nitrogens with one attached hydrogen (secondary N) is 1. The van der Waals surface area contributed by atoms with Crippen molar-refractivity contribution in [2.75, 3.05) is 27.4 Å². The Morgan fingerprint density at radius 1 is 1.50 bits per heavy atom. The number of rotatable bonds is 6. The average molecular weight is 231 g/mol. The lowest BCUT2D eigenvalue weighted by Gasteiger charge is -2.16. The van der Waals surface area contributed by atoms with Gasteiger partial charge in [-0.2, -0.15) is 0 Å². The van der Waals surface area contributed by atoms with E-state index in [-0.39, 0.29) is 18.6 Å². The molecule has 6 nitrogen and oxygen atoms in total. The van der Waals surface area contributed by atoms with Crippen LogP contribution in [-0.2, 0) is 23.8 Å². The number of ether oxygens (including phenoxy) is 3. The predicted molar refractivity (Wildman–Crippen MR) is 54.8 cm³/mol. The largest absolute Gasteiger partial charge is 0.461 e. The third-order valence-electron chi connectivity index (χ3n) is 2.38. The first-order chi connectivity index (χ1) is 7.67. The van der Waals surface area contributed by atoms with Crippen LogP contribution in [0.2, 0.25) is 0 Å². The summed E-state index contributed by atoms with van der Waals surface area (Å²) in [4.78, 5) is 22.4. The lowest BCUT2D eigenvalue weighted by atomic mass is 10.2. The summed E-state index contributed by atoms with van der Waals surface area (Å²) >= 11 is 0. The van der Waals surface area contributed by atoms with Crippen molar-refractivity contribution >= 4 is 11.9 Å². The maximum absolute atomic E-state index is 11.5. The molecule has 0 aromatic heterocycles. The van der Waals surface area contributed by atoms with Crippen LogP contribution in [0.1, 0.15) is 12.8 Å². The molecule has 1 aliphatic heterocycles. The molecule has 1 fully saturated rings. The Kier molecular flexibility index (Phi) is 5.21. The normalized spacial score (nSPS) is 21.6. The number of methoxy groups -OCH3 is 2. The summed E-state index contributed by atoms with van der Waals surface area (Å²) in [5.74, 6) is -0.522. The second kappa shape index (κ2) is 6.44. The summed E-state index contributed by atoms with van der Waals surface area (Å²) in [6, 6.07) is -0.507. The highest BCUT2D eigenvalue weighted by Crippen LogP contribution is 2.08. The molecule has 1 N–H and O–H groups in total. The van der Waals surface area contributed by atoms with Crippen LogP contribution in [0, 0.1) is 0 Å². The van der Waals surface area contributed by atoms with Crippen molar-refractivity contribution in [2.45, 2.75) is 25.0 Å². The van der Waals surface area contributed by atoms with Gasteiger partial charge in [0.1, 0.15) is 18.8 Å². The summed E-state index contributed by atoms with van der Waals surface area (Å²) in [7, 11) is 3.07. The Morgan fingerprint density at radius 3 is 2.75 bits per heavy atom. The van der Waals surface area contributed by atoms with Gasteiger partial charge < -0.3 is 19.5 Å². The van der Waals surface area contributed by atoms with Crippen molar-refractivity contribution in [2.24, 2.45) is 0 Å². The molecule has 1 heterocycles. The molecule has 0 aromatic rings. The van der Waals surface area contributed by atoms with Gasteiger partial charge in [-0.25, -0.2) is 4.79 Å². The van der Waals surface area contributed by atoms with Crippen molar-refractivity contribution in [3.8, 4) is 0 Å². The van der Waals surface area contributed by atoms with Crippen molar-refractivity contribution in [3.63, 3.8) is 0 Å². The fourth-order valence-corrected chi connectivity index (χ4v) is 1.44. The zero-order valence-electron chi connectivity index (χ0n) is 9.52. The molecule has 16 heavy (non-hydrogen) atoms. The van der Waals surface area contributed by atoms with E-state index in [0.717, 1.165) is 0 Å². The van der Waals surface area contributed by atoms with Crippen molar-refractivity contribution in [1.29, 1.82) is 0 Å². The van der Waals surface area contributed by atoms with Gasteiger partial charge in [-0.1, -0.05) is 0 Å². The molecule has 1 aliphatic rings. The second-order valence-electron chi connectivity index (χ2n) is 3.60. The topological polar surface area (TPSA) is 73.9 Å². The maximum atomic E-state index is 11.5. The third-order valence-corrected chi connectivity index (χ3v) is 2.38. The van der Waals surface area contributed by atoms with Gasteiger partial charge in [0.15, 0.2) is 0 Å². The number of amides is 1. The lowest BCUT2D eigenvalue weighted by molar-refractivity contribution is -0.151. The van der Waals surface area contributed by atoms with Gasteiger partial charge in [-0.15, -0.1) is 0 Å². The highest BCUT2D eigenvalue weighted by atomic mass is 16.6. The fourth-order valence-electron chi connectivity index (χ4n) is 1.44. The zero-order chi connectivity index (χ0) is 12.0. The number of carbonyl (C=O) groups is 2. The van der Waals surface area contributed by atoms with E-state index in [9.17, 15) is 9.59 Å². The first kappa shape index (κ1) is 12.9. The Morgan fingerprint density at radius 2 is 2.25 bits per heavy atom. The standard InChI is InChI=1S/C10H17NO5/c1-14-5-7(15-2)6-16-10(13)8-3-4-9(12)11-8/h7-8H,3-6H2,1-2H3,(H,11,12). The van der Waals surface area contributed by atoms with Crippen LogP contribution in [-0.4, -0.2) is 51.5 Å². The van der Waals surface area contributed by atoms with Crippen molar-refractivity contribution in [3.05, 3.63) is 0 Å². The lowest BCUT2D eigenvalue weighted by Crippen LogP contribution is -2.36. The maximum Gasteiger partial charge on any atom is 0.328 e. The van der Waals surface area contributed by atoms with Gasteiger partial charge in [-0.3, -0.25) is 4.79 Å². The van der Waals surface area contributed by atoms with Crippen molar-refractivity contribution < 1.29 is 23.8 Å². The highest BCUT2D eigenvalue weighted by Gasteiger charge is 2.28. The molecule has 1 rings (SSSR count). The van der Waals surface area contributed by atoms with E-state index in [1.807, 2.05) is 0 Å². The van der Waals surface area contributed by atoms with Gasteiger partial charge in [0.25, 0.3) is 0 Å². The van der Waals surface area contributed by atoms with E-state index in [4.69, 9.17) is 14.2 Å². The molecule has 6 heteroatoms. The molecule has 0 bridgehead atoms. The number of esters is 1. The molecule has 92 valence electrons. The van der Waals surface area contributed by atoms with Gasteiger partial charge in [0.2, 0.25) is 5.91 Å². The molecular formula is C10H17NO5. The van der Waals surface area contributed by atoms with E-state index >= 15 is 0 Å². The monoisotopic (exact) mass is 231 g/mol. The van der Waals surface area contributed by atoms with Gasteiger partial charge in [0.05, 0.1) is 6.61 Å². The number of hydrogen-bond acceptors (Lipinski definition) is 5. The molecule has 2 atom stereocenters. The van der Waals surface area contributed by atoms with E-state index in [0.29, 0.717) is 19.4 Å². The Labute approximate surface area is 94.2 Å². The molecule has 2 unspecified atom stereocenters. The Balaban J connectivity index is 2.26. The van der Waals surface area contributed by atoms with Gasteiger partial charge >= 0.3 is 5.97 Å². The minimum atomic E-state index is -0.507. The van der Waals surface area contributed by atoms with E-state index in [2.05, 4.69) is 5.32 Å². The van der Waals surface area contributed by atoms with Crippen LogP contribution in [0.25, 0.3) is 0 Å². The smallest absolute Gasteiger partial charge is 0.328 e. The zero-order valence-corrected chi connectivity index (χ0v) is 9.52. The molecule has 0 aliphatic carbocycles.